The Morgan fingerprint density at radius 2 is 1.61 bits per heavy atom. The number of aromatic nitrogens is 2. The van der Waals surface area contributed by atoms with Crippen LogP contribution in [0.1, 0.15) is 28.1 Å². The first-order chi connectivity index (χ1) is 15.2. The quantitative estimate of drug-likeness (QED) is 0.364. The van der Waals surface area contributed by atoms with Crippen molar-refractivity contribution in [3.05, 3.63) is 113 Å². The number of aryl methyl sites for hydroxylation is 3. The Balaban J connectivity index is 1.39. The number of benzene rings is 4. The number of imidazole rings is 1. The smallest absolute Gasteiger partial charge is 0.109 e. The summed E-state index contributed by atoms with van der Waals surface area (Å²) in [4.78, 5) is 4.94. The highest BCUT2D eigenvalue weighted by Crippen LogP contribution is 2.24. The van der Waals surface area contributed by atoms with Gasteiger partial charge >= 0.3 is 0 Å². The van der Waals surface area contributed by atoms with Gasteiger partial charge in [-0.3, -0.25) is 0 Å². The molecule has 0 N–H and O–H groups in total. The second-order valence-electron chi connectivity index (χ2n) is 8.03. The van der Waals surface area contributed by atoms with Gasteiger partial charge in [0.2, 0.25) is 0 Å². The maximum Gasteiger partial charge on any atom is 0.109 e. The Morgan fingerprint density at radius 1 is 0.839 bits per heavy atom. The molecule has 5 rings (SSSR count). The standard InChI is InChI=1S/C28H23N3/c1-31-27-15-13-22(17-24-7-4-6-23-5-2-3-8-25(23)24)18-26(27)30-28(31)16-14-20-9-11-21(19-29)12-10-20/h2-13,15,18H,14,16-17H2,1H3. The average Bonchev–Trinajstić information content (AvgIpc) is 3.13. The van der Waals surface area contributed by atoms with E-state index in [1.54, 1.807) is 0 Å². The van der Waals surface area contributed by atoms with Crippen molar-refractivity contribution in [3.63, 3.8) is 0 Å². The fourth-order valence-electron chi connectivity index (χ4n) is 4.30. The number of hydrogen-bond donors (Lipinski definition) is 0. The van der Waals surface area contributed by atoms with E-state index in [4.69, 9.17) is 10.2 Å². The van der Waals surface area contributed by atoms with Crippen LogP contribution in [0, 0.1) is 11.3 Å². The van der Waals surface area contributed by atoms with Gasteiger partial charge in [0.05, 0.1) is 22.7 Å². The van der Waals surface area contributed by atoms with E-state index in [1.807, 2.05) is 24.3 Å². The maximum absolute atomic E-state index is 8.96. The summed E-state index contributed by atoms with van der Waals surface area (Å²) in [6, 6.07) is 31.7. The summed E-state index contributed by atoms with van der Waals surface area (Å²) < 4.78 is 2.20. The van der Waals surface area contributed by atoms with Crippen LogP contribution in [0.4, 0.5) is 0 Å². The monoisotopic (exact) mass is 401 g/mol. The lowest BCUT2D eigenvalue weighted by atomic mass is 9.98. The van der Waals surface area contributed by atoms with Gasteiger partial charge in [-0.05, 0) is 64.6 Å². The summed E-state index contributed by atoms with van der Waals surface area (Å²) in [6.07, 6.45) is 2.68. The van der Waals surface area contributed by atoms with Crippen molar-refractivity contribution in [1.82, 2.24) is 9.55 Å². The molecule has 3 heteroatoms. The van der Waals surface area contributed by atoms with Crippen LogP contribution in [0.15, 0.2) is 84.9 Å². The molecule has 0 bridgehead atoms. The fraction of sp³-hybridized carbons (Fsp3) is 0.143. The average molecular weight is 402 g/mol. The minimum atomic E-state index is 0.699. The SMILES string of the molecule is Cn1c(CCc2ccc(C#N)cc2)nc2cc(Cc3cccc4ccccc34)ccc21. The lowest BCUT2D eigenvalue weighted by molar-refractivity contribution is 0.787. The van der Waals surface area contributed by atoms with Crippen molar-refractivity contribution in [2.75, 3.05) is 0 Å². The van der Waals surface area contributed by atoms with Crippen LogP contribution in [0.3, 0.4) is 0 Å². The van der Waals surface area contributed by atoms with Crippen LogP contribution in [0.5, 0.6) is 0 Å². The third-order valence-electron chi connectivity index (χ3n) is 6.03. The summed E-state index contributed by atoms with van der Waals surface area (Å²) in [7, 11) is 2.09. The molecule has 0 aliphatic rings. The van der Waals surface area contributed by atoms with E-state index in [-0.39, 0.29) is 0 Å². The van der Waals surface area contributed by atoms with Gasteiger partial charge in [-0.2, -0.15) is 5.26 Å². The van der Waals surface area contributed by atoms with Crippen molar-refractivity contribution >= 4 is 21.8 Å². The molecule has 0 radical (unpaired) electrons. The molecule has 31 heavy (non-hydrogen) atoms. The highest BCUT2D eigenvalue weighted by molar-refractivity contribution is 5.86. The topological polar surface area (TPSA) is 41.6 Å². The predicted octanol–water partition coefficient (Wildman–Crippen LogP) is 5.97. The van der Waals surface area contributed by atoms with Crippen LogP contribution in [0.2, 0.25) is 0 Å². The van der Waals surface area contributed by atoms with Crippen LogP contribution < -0.4 is 0 Å². The van der Waals surface area contributed by atoms with Gasteiger partial charge in [0.15, 0.2) is 0 Å². The molecule has 0 saturated carbocycles. The Labute approximate surface area is 182 Å². The molecule has 0 saturated heterocycles. The largest absolute Gasteiger partial charge is 0.331 e. The highest BCUT2D eigenvalue weighted by Gasteiger charge is 2.10. The second-order valence-corrected chi connectivity index (χ2v) is 8.03. The van der Waals surface area contributed by atoms with Crippen molar-refractivity contribution in [2.45, 2.75) is 19.3 Å². The van der Waals surface area contributed by atoms with Gasteiger partial charge in [-0.15, -0.1) is 0 Å². The van der Waals surface area contributed by atoms with Gasteiger partial charge < -0.3 is 4.57 Å². The van der Waals surface area contributed by atoms with Crippen LogP contribution in [0.25, 0.3) is 21.8 Å². The van der Waals surface area contributed by atoms with Crippen molar-refractivity contribution < 1.29 is 0 Å². The van der Waals surface area contributed by atoms with Crippen LogP contribution in [-0.4, -0.2) is 9.55 Å². The molecule has 0 aliphatic heterocycles. The van der Waals surface area contributed by atoms with E-state index in [2.05, 4.69) is 78.3 Å². The Bertz CT molecular complexity index is 1410. The highest BCUT2D eigenvalue weighted by atomic mass is 15.1. The molecule has 0 aliphatic carbocycles. The first-order valence-corrected chi connectivity index (χ1v) is 10.6. The molecule has 0 amide bonds. The number of rotatable bonds is 5. The third kappa shape index (κ3) is 3.81. The molecule has 5 aromatic rings. The molecule has 0 spiro atoms. The summed E-state index contributed by atoms with van der Waals surface area (Å²) >= 11 is 0. The number of hydrogen-bond acceptors (Lipinski definition) is 2. The van der Waals surface area contributed by atoms with Crippen molar-refractivity contribution in [1.29, 1.82) is 5.26 Å². The molecular formula is C28H23N3. The summed E-state index contributed by atoms with van der Waals surface area (Å²) in [5.74, 6) is 1.08. The second kappa shape index (κ2) is 8.08. The van der Waals surface area contributed by atoms with E-state index in [0.717, 1.165) is 36.1 Å². The van der Waals surface area contributed by atoms with E-state index in [1.165, 1.54) is 27.5 Å². The molecule has 0 atom stereocenters. The van der Waals surface area contributed by atoms with Crippen molar-refractivity contribution in [3.8, 4) is 6.07 Å². The molecule has 3 nitrogen and oxygen atoms in total. The van der Waals surface area contributed by atoms with Gasteiger partial charge in [0, 0.05) is 13.5 Å². The first-order valence-electron chi connectivity index (χ1n) is 10.6. The summed E-state index contributed by atoms with van der Waals surface area (Å²) in [5, 5.41) is 11.6. The molecule has 1 aromatic heterocycles. The zero-order valence-corrected chi connectivity index (χ0v) is 17.5. The fourth-order valence-corrected chi connectivity index (χ4v) is 4.30. The van der Waals surface area contributed by atoms with Gasteiger partial charge in [-0.1, -0.05) is 60.7 Å². The predicted molar refractivity (Wildman–Crippen MR) is 126 cm³/mol. The zero-order valence-electron chi connectivity index (χ0n) is 17.5. The summed E-state index contributed by atoms with van der Waals surface area (Å²) in [5.41, 5.74) is 6.76. The molecule has 4 aromatic carbocycles. The number of nitriles is 1. The lowest BCUT2D eigenvalue weighted by Crippen LogP contribution is -2.00. The Hall–Kier alpha value is -3.90. The number of nitrogens with zero attached hydrogens (tertiary/aromatic N) is 3. The molecule has 1 heterocycles. The van der Waals surface area contributed by atoms with Gasteiger partial charge in [0.1, 0.15) is 5.82 Å². The summed E-state index contributed by atoms with van der Waals surface area (Å²) in [6.45, 7) is 0. The van der Waals surface area contributed by atoms with E-state index < -0.39 is 0 Å². The molecule has 0 unspecified atom stereocenters. The minimum Gasteiger partial charge on any atom is -0.331 e. The van der Waals surface area contributed by atoms with E-state index in [9.17, 15) is 0 Å². The normalized spacial score (nSPS) is 11.1. The Kier molecular flexibility index (Phi) is 4.98. The first kappa shape index (κ1) is 19.1. The number of fused-ring (bicyclic) bond motifs is 2. The Morgan fingerprint density at radius 3 is 2.45 bits per heavy atom. The van der Waals surface area contributed by atoms with Gasteiger partial charge in [-0.25, -0.2) is 4.98 Å². The maximum atomic E-state index is 8.96. The lowest BCUT2D eigenvalue weighted by Gasteiger charge is -2.07. The van der Waals surface area contributed by atoms with Crippen LogP contribution in [-0.2, 0) is 26.3 Å². The van der Waals surface area contributed by atoms with Gasteiger partial charge in [0.25, 0.3) is 0 Å². The van der Waals surface area contributed by atoms with Crippen LogP contribution >= 0.6 is 0 Å². The van der Waals surface area contributed by atoms with Crippen molar-refractivity contribution in [2.24, 2.45) is 7.05 Å². The molecule has 0 fully saturated rings. The van der Waals surface area contributed by atoms with E-state index >= 15 is 0 Å². The van der Waals surface area contributed by atoms with E-state index in [0.29, 0.717) is 5.56 Å². The zero-order chi connectivity index (χ0) is 21.2. The molecule has 150 valence electrons. The third-order valence-corrected chi connectivity index (χ3v) is 6.03. The minimum absolute atomic E-state index is 0.699. The molecular weight excluding hydrogens is 378 g/mol.